The van der Waals surface area contributed by atoms with E-state index in [9.17, 15) is 28.2 Å². The maximum Gasteiger partial charge on any atom is 0.348 e. The molecule has 0 saturated carbocycles. The topological polar surface area (TPSA) is 121 Å². The van der Waals surface area contributed by atoms with Gasteiger partial charge in [0.25, 0.3) is 5.60 Å². The number of hydrogen-bond donors (Lipinski definition) is 2. The maximum atomic E-state index is 12.1. The highest BCUT2D eigenvalue weighted by atomic mass is 32.2. The Morgan fingerprint density at radius 3 is 2.19 bits per heavy atom. The lowest BCUT2D eigenvalue weighted by Crippen LogP contribution is -2.52. The summed E-state index contributed by atoms with van der Waals surface area (Å²) in [5, 5.41) is 18.9. The van der Waals surface area contributed by atoms with Gasteiger partial charge in [-0.3, -0.25) is 4.31 Å². The Kier molecular flexibility index (Phi) is 5.92. The number of carboxylic acid groups (broad SMARTS) is 2. The predicted octanol–water partition coefficient (Wildman–Crippen LogP) is 1.49. The van der Waals surface area contributed by atoms with E-state index in [-0.39, 0.29) is 12.2 Å². The largest absolute Gasteiger partial charge is 0.479 e. The molecular formula is C17H23NO7S. The molecule has 0 aliphatic carbocycles. The molecule has 0 bridgehead atoms. The van der Waals surface area contributed by atoms with Crippen LogP contribution in [0.3, 0.4) is 0 Å². The number of sulfonamides is 1. The standard InChI is InChI=1S/C17H23NO7S/c1-12(2)25-17(15(19)20,16(21)22)11-13-5-7-14(8-6-13)18-9-3-4-10-26(18,23)24/h5-8,12H,3-4,9-11H2,1-2H3,(H,19,20)(H,21,22). The van der Waals surface area contributed by atoms with Crippen LogP contribution in [0.2, 0.25) is 0 Å². The molecule has 0 spiro atoms. The van der Waals surface area contributed by atoms with Gasteiger partial charge in [-0.05, 0) is 44.4 Å². The average molecular weight is 385 g/mol. The zero-order valence-electron chi connectivity index (χ0n) is 14.7. The summed E-state index contributed by atoms with van der Waals surface area (Å²) in [4.78, 5) is 23.2. The molecular weight excluding hydrogens is 362 g/mol. The van der Waals surface area contributed by atoms with Crippen molar-refractivity contribution < 1.29 is 33.0 Å². The molecule has 1 aromatic rings. The summed E-state index contributed by atoms with van der Waals surface area (Å²) in [6.45, 7) is 3.52. The van der Waals surface area contributed by atoms with E-state index in [0.29, 0.717) is 24.2 Å². The highest BCUT2D eigenvalue weighted by Gasteiger charge is 2.49. The number of hydrogen-bond acceptors (Lipinski definition) is 5. The minimum atomic E-state index is -3.35. The molecule has 0 radical (unpaired) electrons. The lowest BCUT2D eigenvalue weighted by molar-refractivity contribution is -0.188. The second kappa shape index (κ2) is 7.63. The molecule has 1 fully saturated rings. The Bertz CT molecular complexity index is 757. The quantitative estimate of drug-likeness (QED) is 0.682. The Hall–Kier alpha value is -2.13. The molecule has 26 heavy (non-hydrogen) atoms. The van der Waals surface area contributed by atoms with Crippen LogP contribution in [0.1, 0.15) is 32.3 Å². The Labute approximate surface area is 152 Å². The minimum Gasteiger partial charge on any atom is -0.479 e. The van der Waals surface area contributed by atoms with Crippen LogP contribution in [-0.2, 0) is 30.8 Å². The van der Waals surface area contributed by atoms with Crippen LogP contribution in [0.25, 0.3) is 0 Å². The molecule has 8 nitrogen and oxygen atoms in total. The number of nitrogens with zero attached hydrogens (tertiary/aromatic N) is 1. The van der Waals surface area contributed by atoms with Crippen LogP contribution in [0, 0.1) is 0 Å². The summed E-state index contributed by atoms with van der Waals surface area (Å²) < 4.78 is 30.9. The van der Waals surface area contributed by atoms with E-state index in [1.54, 1.807) is 26.0 Å². The second-order valence-electron chi connectivity index (χ2n) is 6.54. The maximum absolute atomic E-state index is 12.1. The van der Waals surface area contributed by atoms with Crippen LogP contribution in [0.4, 0.5) is 5.69 Å². The predicted molar refractivity (Wildman–Crippen MR) is 94.7 cm³/mol. The average Bonchev–Trinajstić information content (AvgIpc) is 2.54. The van der Waals surface area contributed by atoms with Crippen molar-refractivity contribution in [3.8, 4) is 0 Å². The molecule has 1 aliphatic rings. The summed E-state index contributed by atoms with van der Waals surface area (Å²) in [6.07, 6.45) is 0.427. The smallest absolute Gasteiger partial charge is 0.348 e. The van der Waals surface area contributed by atoms with Crippen molar-refractivity contribution in [3.05, 3.63) is 29.8 Å². The number of carbonyl (C=O) groups is 2. The van der Waals surface area contributed by atoms with Crippen molar-refractivity contribution in [2.75, 3.05) is 16.6 Å². The molecule has 1 aliphatic heterocycles. The van der Waals surface area contributed by atoms with Crippen molar-refractivity contribution >= 4 is 27.6 Å². The number of carboxylic acids is 2. The van der Waals surface area contributed by atoms with Gasteiger partial charge in [-0.15, -0.1) is 0 Å². The highest BCUT2D eigenvalue weighted by molar-refractivity contribution is 7.92. The summed E-state index contributed by atoms with van der Waals surface area (Å²) in [6, 6.07) is 6.18. The third-order valence-corrected chi connectivity index (χ3v) is 6.02. The fraction of sp³-hybridized carbons (Fsp3) is 0.529. The fourth-order valence-corrected chi connectivity index (χ4v) is 4.57. The van der Waals surface area contributed by atoms with Gasteiger partial charge in [0.2, 0.25) is 10.0 Å². The first-order valence-corrected chi connectivity index (χ1v) is 9.93. The van der Waals surface area contributed by atoms with Gasteiger partial charge in [0.05, 0.1) is 17.5 Å². The van der Waals surface area contributed by atoms with Crippen LogP contribution in [-0.4, -0.2) is 54.6 Å². The monoisotopic (exact) mass is 385 g/mol. The zero-order chi connectivity index (χ0) is 19.5. The number of anilines is 1. The van der Waals surface area contributed by atoms with Gasteiger partial charge >= 0.3 is 11.9 Å². The Balaban J connectivity index is 2.29. The number of aliphatic carboxylic acids is 2. The molecule has 2 N–H and O–H groups in total. The van der Waals surface area contributed by atoms with Crippen molar-refractivity contribution in [1.29, 1.82) is 0 Å². The molecule has 1 saturated heterocycles. The zero-order valence-corrected chi connectivity index (χ0v) is 15.5. The summed E-state index contributed by atoms with van der Waals surface area (Å²) >= 11 is 0. The summed E-state index contributed by atoms with van der Waals surface area (Å²) in [5.41, 5.74) is -1.49. The van der Waals surface area contributed by atoms with Gasteiger partial charge in [-0.2, -0.15) is 0 Å². The molecule has 0 amide bonds. The normalized spacial score (nSPS) is 17.3. The molecule has 2 rings (SSSR count). The van der Waals surface area contributed by atoms with Gasteiger partial charge < -0.3 is 14.9 Å². The van der Waals surface area contributed by atoms with E-state index in [2.05, 4.69) is 0 Å². The summed E-state index contributed by atoms with van der Waals surface area (Å²) in [7, 11) is -3.35. The Morgan fingerprint density at radius 1 is 1.15 bits per heavy atom. The Morgan fingerprint density at radius 2 is 1.73 bits per heavy atom. The van der Waals surface area contributed by atoms with Gasteiger partial charge in [0.1, 0.15) is 0 Å². The first-order chi connectivity index (χ1) is 12.1. The van der Waals surface area contributed by atoms with Gasteiger partial charge in [-0.1, -0.05) is 12.1 Å². The number of benzene rings is 1. The number of rotatable bonds is 7. The van der Waals surface area contributed by atoms with Crippen molar-refractivity contribution in [2.24, 2.45) is 0 Å². The highest BCUT2D eigenvalue weighted by Crippen LogP contribution is 2.26. The minimum absolute atomic E-state index is 0.0954. The fourth-order valence-electron chi connectivity index (χ4n) is 2.93. The van der Waals surface area contributed by atoms with E-state index >= 15 is 0 Å². The molecule has 1 aromatic carbocycles. The second-order valence-corrected chi connectivity index (χ2v) is 8.56. The van der Waals surface area contributed by atoms with Gasteiger partial charge in [0.15, 0.2) is 0 Å². The third-order valence-electron chi connectivity index (χ3n) is 4.15. The third kappa shape index (κ3) is 4.16. The van der Waals surface area contributed by atoms with Crippen LogP contribution < -0.4 is 4.31 Å². The van der Waals surface area contributed by atoms with E-state index in [1.165, 1.54) is 16.4 Å². The molecule has 1 heterocycles. The van der Waals surface area contributed by atoms with Crippen molar-refractivity contribution in [2.45, 2.75) is 44.8 Å². The molecule has 0 aromatic heterocycles. The lowest BCUT2D eigenvalue weighted by Gasteiger charge is -2.29. The van der Waals surface area contributed by atoms with E-state index in [0.717, 1.165) is 6.42 Å². The molecule has 9 heteroatoms. The SMILES string of the molecule is CC(C)OC(Cc1ccc(N2CCCCS2(=O)=O)cc1)(C(=O)O)C(=O)O. The molecule has 144 valence electrons. The summed E-state index contributed by atoms with van der Waals surface area (Å²) in [5.74, 6) is -3.07. The van der Waals surface area contributed by atoms with Crippen LogP contribution in [0.5, 0.6) is 0 Å². The molecule has 0 atom stereocenters. The molecule has 0 unspecified atom stereocenters. The first kappa shape index (κ1) is 20.2. The van der Waals surface area contributed by atoms with E-state index in [4.69, 9.17) is 4.74 Å². The van der Waals surface area contributed by atoms with Crippen molar-refractivity contribution in [1.82, 2.24) is 0 Å². The number of ether oxygens (including phenoxy) is 1. The van der Waals surface area contributed by atoms with Gasteiger partial charge in [0, 0.05) is 13.0 Å². The van der Waals surface area contributed by atoms with Gasteiger partial charge in [-0.25, -0.2) is 18.0 Å². The van der Waals surface area contributed by atoms with Crippen molar-refractivity contribution in [3.63, 3.8) is 0 Å². The van der Waals surface area contributed by atoms with E-state index in [1.807, 2.05) is 0 Å². The first-order valence-electron chi connectivity index (χ1n) is 8.32. The van der Waals surface area contributed by atoms with E-state index < -0.39 is 33.7 Å². The van der Waals surface area contributed by atoms with Crippen LogP contribution in [0.15, 0.2) is 24.3 Å². The van der Waals surface area contributed by atoms with Crippen LogP contribution >= 0.6 is 0 Å². The lowest BCUT2D eigenvalue weighted by atomic mass is 9.94.